The highest BCUT2D eigenvalue weighted by molar-refractivity contribution is 5.19. The second kappa shape index (κ2) is 6.07. The minimum atomic E-state index is -0.522. The van der Waals surface area contributed by atoms with Crippen LogP contribution in [0.15, 0.2) is 18.2 Å². The highest BCUT2D eigenvalue weighted by Gasteiger charge is 2.17. The lowest BCUT2D eigenvalue weighted by molar-refractivity contribution is -0.00906. The van der Waals surface area contributed by atoms with E-state index in [1.54, 1.807) is 0 Å². The van der Waals surface area contributed by atoms with E-state index in [1.807, 2.05) is 20.8 Å². The van der Waals surface area contributed by atoms with E-state index < -0.39 is 11.6 Å². The van der Waals surface area contributed by atoms with Crippen LogP contribution in [0.5, 0.6) is 0 Å². The molecule has 1 N–H and O–H groups in total. The van der Waals surface area contributed by atoms with Crippen LogP contribution in [-0.4, -0.2) is 18.8 Å². The fourth-order valence-electron chi connectivity index (χ4n) is 1.63. The van der Waals surface area contributed by atoms with Crippen LogP contribution in [0.2, 0.25) is 0 Å². The normalized spacial score (nSPS) is 11.8. The Morgan fingerprint density at radius 3 is 2.35 bits per heavy atom. The van der Waals surface area contributed by atoms with Crippen molar-refractivity contribution in [2.24, 2.45) is 0 Å². The quantitative estimate of drug-likeness (QED) is 0.829. The van der Waals surface area contributed by atoms with Crippen molar-refractivity contribution in [2.45, 2.75) is 32.9 Å². The molecule has 96 valence electrons. The predicted molar refractivity (Wildman–Crippen MR) is 63.8 cm³/mol. The maximum Gasteiger partial charge on any atom is 0.130 e. The van der Waals surface area contributed by atoms with Crippen LogP contribution in [0.4, 0.5) is 8.78 Å². The molecule has 0 radical (unpaired) electrons. The number of nitrogens with one attached hydrogen (secondary N) is 1. The van der Waals surface area contributed by atoms with Crippen LogP contribution in [0, 0.1) is 11.6 Å². The Morgan fingerprint density at radius 1 is 1.24 bits per heavy atom. The van der Waals surface area contributed by atoms with E-state index >= 15 is 0 Å². The zero-order valence-corrected chi connectivity index (χ0v) is 10.5. The van der Waals surface area contributed by atoms with Gasteiger partial charge in [-0.15, -0.1) is 0 Å². The Hall–Kier alpha value is -1.00. The molecule has 17 heavy (non-hydrogen) atoms. The van der Waals surface area contributed by atoms with Gasteiger partial charge < -0.3 is 10.1 Å². The Bertz CT molecular complexity index is 346. The van der Waals surface area contributed by atoms with Crippen molar-refractivity contribution in [2.75, 3.05) is 13.2 Å². The molecule has 4 heteroatoms. The van der Waals surface area contributed by atoms with Gasteiger partial charge in [0.1, 0.15) is 11.6 Å². The molecule has 0 amide bonds. The average molecular weight is 243 g/mol. The second-order valence-electron chi connectivity index (χ2n) is 4.50. The smallest absolute Gasteiger partial charge is 0.130 e. The molecule has 0 saturated carbocycles. The summed E-state index contributed by atoms with van der Waals surface area (Å²) in [4.78, 5) is 0. The molecular formula is C13H19F2NO. The van der Waals surface area contributed by atoms with Crippen molar-refractivity contribution in [3.05, 3.63) is 35.4 Å². The molecule has 0 atom stereocenters. The van der Waals surface area contributed by atoms with Crippen LogP contribution in [-0.2, 0) is 11.3 Å². The first-order chi connectivity index (χ1) is 7.96. The highest BCUT2D eigenvalue weighted by Crippen LogP contribution is 2.12. The molecule has 0 aliphatic heterocycles. The average Bonchev–Trinajstić information content (AvgIpc) is 2.22. The third-order valence-corrected chi connectivity index (χ3v) is 2.45. The molecule has 0 unspecified atom stereocenters. The molecule has 0 heterocycles. The van der Waals surface area contributed by atoms with Crippen molar-refractivity contribution in [3.8, 4) is 0 Å². The number of ether oxygens (including phenoxy) is 1. The van der Waals surface area contributed by atoms with Gasteiger partial charge in [-0.1, -0.05) is 6.07 Å². The summed E-state index contributed by atoms with van der Waals surface area (Å²) in [5, 5.41) is 3.00. The summed E-state index contributed by atoms with van der Waals surface area (Å²) in [7, 11) is 0. The Morgan fingerprint density at radius 2 is 1.82 bits per heavy atom. The van der Waals surface area contributed by atoms with E-state index in [1.165, 1.54) is 18.2 Å². The summed E-state index contributed by atoms with van der Waals surface area (Å²) in [5.41, 5.74) is -0.268. The first kappa shape index (κ1) is 14.1. The van der Waals surface area contributed by atoms with Gasteiger partial charge in [0.2, 0.25) is 0 Å². The fraction of sp³-hybridized carbons (Fsp3) is 0.538. The largest absolute Gasteiger partial charge is 0.375 e. The van der Waals surface area contributed by atoms with Crippen LogP contribution >= 0.6 is 0 Å². The van der Waals surface area contributed by atoms with Crippen molar-refractivity contribution in [3.63, 3.8) is 0 Å². The van der Waals surface area contributed by atoms with Gasteiger partial charge in [-0.25, -0.2) is 8.78 Å². The van der Waals surface area contributed by atoms with Crippen LogP contribution in [0.25, 0.3) is 0 Å². The van der Waals surface area contributed by atoms with Crippen LogP contribution in [0.3, 0.4) is 0 Å². The zero-order valence-electron chi connectivity index (χ0n) is 10.5. The summed E-state index contributed by atoms with van der Waals surface area (Å²) in [6, 6.07) is 3.87. The number of hydrogen-bond acceptors (Lipinski definition) is 2. The minimum Gasteiger partial charge on any atom is -0.375 e. The molecule has 0 spiro atoms. The summed E-state index contributed by atoms with van der Waals surface area (Å²) >= 11 is 0. The fourth-order valence-corrected chi connectivity index (χ4v) is 1.63. The molecule has 1 aromatic carbocycles. The minimum absolute atomic E-state index is 0.0693. The van der Waals surface area contributed by atoms with E-state index in [0.29, 0.717) is 13.2 Å². The summed E-state index contributed by atoms with van der Waals surface area (Å²) in [6.07, 6.45) is 0. The molecule has 0 saturated heterocycles. The molecule has 0 aromatic heterocycles. The highest BCUT2D eigenvalue weighted by atomic mass is 19.1. The lowest BCUT2D eigenvalue weighted by Gasteiger charge is -2.25. The van der Waals surface area contributed by atoms with Gasteiger partial charge in [0.15, 0.2) is 0 Å². The monoisotopic (exact) mass is 243 g/mol. The van der Waals surface area contributed by atoms with Gasteiger partial charge in [0.25, 0.3) is 0 Å². The Labute approximate surface area is 101 Å². The first-order valence-corrected chi connectivity index (χ1v) is 5.74. The summed E-state index contributed by atoms with van der Waals surface area (Å²) in [5.74, 6) is -1.04. The van der Waals surface area contributed by atoms with Gasteiger partial charge in [-0.05, 0) is 32.9 Å². The molecule has 0 aliphatic carbocycles. The lowest BCUT2D eigenvalue weighted by atomic mass is 10.1. The zero-order chi connectivity index (χ0) is 12.9. The topological polar surface area (TPSA) is 21.3 Å². The molecule has 2 nitrogen and oxygen atoms in total. The van der Waals surface area contributed by atoms with Crippen LogP contribution in [0.1, 0.15) is 26.3 Å². The van der Waals surface area contributed by atoms with Crippen LogP contribution < -0.4 is 5.32 Å². The predicted octanol–water partition coefficient (Wildman–Crippen LogP) is 2.87. The van der Waals surface area contributed by atoms with E-state index in [0.717, 1.165) is 0 Å². The number of rotatable bonds is 6. The molecular weight excluding hydrogens is 224 g/mol. The maximum absolute atomic E-state index is 13.3. The molecule has 0 fully saturated rings. The van der Waals surface area contributed by atoms with E-state index in [9.17, 15) is 8.78 Å². The van der Waals surface area contributed by atoms with Crippen molar-refractivity contribution >= 4 is 0 Å². The third-order valence-electron chi connectivity index (χ3n) is 2.45. The van der Waals surface area contributed by atoms with E-state index in [-0.39, 0.29) is 17.7 Å². The third kappa shape index (κ3) is 4.40. The SMILES string of the molecule is CCOC(C)(C)CNCc1c(F)cccc1F. The lowest BCUT2D eigenvalue weighted by Crippen LogP contribution is -2.37. The van der Waals surface area contributed by atoms with Gasteiger partial charge in [0.05, 0.1) is 5.60 Å². The molecule has 0 aliphatic rings. The van der Waals surface area contributed by atoms with Gasteiger partial charge in [-0.2, -0.15) is 0 Å². The van der Waals surface area contributed by atoms with Crippen molar-refractivity contribution in [1.29, 1.82) is 0 Å². The van der Waals surface area contributed by atoms with Crippen molar-refractivity contribution < 1.29 is 13.5 Å². The molecule has 1 aromatic rings. The Kier molecular flexibility index (Phi) is 5.02. The van der Waals surface area contributed by atoms with Gasteiger partial charge in [-0.3, -0.25) is 0 Å². The van der Waals surface area contributed by atoms with Gasteiger partial charge in [0, 0.05) is 25.3 Å². The van der Waals surface area contributed by atoms with Gasteiger partial charge >= 0.3 is 0 Å². The summed E-state index contributed by atoms with van der Waals surface area (Å²) in [6.45, 7) is 7.09. The standard InChI is InChI=1S/C13H19F2NO/c1-4-17-13(2,3)9-16-8-10-11(14)6-5-7-12(10)15/h5-7,16H,4,8-9H2,1-3H3. The van der Waals surface area contributed by atoms with E-state index in [2.05, 4.69) is 5.32 Å². The first-order valence-electron chi connectivity index (χ1n) is 5.74. The maximum atomic E-state index is 13.3. The molecule has 1 rings (SSSR count). The second-order valence-corrected chi connectivity index (χ2v) is 4.50. The van der Waals surface area contributed by atoms with E-state index in [4.69, 9.17) is 4.74 Å². The Balaban J connectivity index is 2.51. The number of benzene rings is 1. The van der Waals surface area contributed by atoms with Crippen molar-refractivity contribution in [1.82, 2.24) is 5.32 Å². The molecule has 0 bridgehead atoms. The number of hydrogen-bond donors (Lipinski definition) is 1. The number of halogens is 2. The summed E-state index contributed by atoms with van der Waals surface area (Å²) < 4.78 is 32.1.